The average molecular weight is 236 g/mol. The van der Waals surface area contributed by atoms with Crippen molar-refractivity contribution in [1.82, 2.24) is 0 Å². The van der Waals surface area contributed by atoms with Crippen LogP contribution in [-0.4, -0.2) is 24.7 Å². The third-order valence-corrected chi connectivity index (χ3v) is 2.12. The van der Waals surface area contributed by atoms with Crippen molar-refractivity contribution in [3.63, 3.8) is 0 Å². The molecule has 0 fully saturated rings. The van der Waals surface area contributed by atoms with Crippen molar-refractivity contribution in [1.29, 1.82) is 0 Å². The summed E-state index contributed by atoms with van der Waals surface area (Å²) in [6.45, 7) is 6.69. The predicted octanol–water partition coefficient (Wildman–Crippen LogP) is 2.01. The van der Waals surface area contributed by atoms with E-state index < -0.39 is 0 Å². The van der Waals surface area contributed by atoms with Crippen LogP contribution in [0.4, 0.5) is 5.69 Å². The van der Waals surface area contributed by atoms with Crippen molar-refractivity contribution in [3.8, 4) is 0 Å². The molecule has 1 aromatic carbocycles. The van der Waals surface area contributed by atoms with E-state index in [4.69, 9.17) is 10.5 Å². The second kappa shape index (κ2) is 5.68. The van der Waals surface area contributed by atoms with Crippen molar-refractivity contribution in [2.75, 3.05) is 18.5 Å². The monoisotopic (exact) mass is 236 g/mol. The van der Waals surface area contributed by atoms with Gasteiger partial charge in [-0.3, -0.25) is 0 Å². The van der Waals surface area contributed by atoms with Crippen LogP contribution in [0.2, 0.25) is 0 Å². The molecule has 0 saturated carbocycles. The maximum atomic E-state index is 11.5. The molecule has 94 valence electrons. The molecule has 0 atom stereocenters. The molecule has 0 spiro atoms. The van der Waals surface area contributed by atoms with Crippen LogP contribution in [0.15, 0.2) is 24.3 Å². The molecule has 0 aliphatic carbocycles. The Hall–Kier alpha value is -1.55. The van der Waals surface area contributed by atoms with Gasteiger partial charge < -0.3 is 15.8 Å². The fourth-order valence-electron chi connectivity index (χ4n) is 1.30. The summed E-state index contributed by atoms with van der Waals surface area (Å²) in [5, 5.41) is 3.19. The van der Waals surface area contributed by atoms with Crippen LogP contribution in [0.3, 0.4) is 0 Å². The first kappa shape index (κ1) is 13.5. The normalized spacial score (nSPS) is 11.1. The van der Waals surface area contributed by atoms with Gasteiger partial charge in [-0.2, -0.15) is 0 Å². The van der Waals surface area contributed by atoms with E-state index in [-0.39, 0.29) is 11.5 Å². The summed E-state index contributed by atoms with van der Waals surface area (Å²) in [6.07, 6.45) is 0. The van der Waals surface area contributed by atoms with Crippen LogP contribution in [0.25, 0.3) is 0 Å². The van der Waals surface area contributed by atoms with Crippen molar-refractivity contribution >= 4 is 11.7 Å². The third-order valence-electron chi connectivity index (χ3n) is 2.12. The zero-order valence-electron chi connectivity index (χ0n) is 10.6. The first-order valence-corrected chi connectivity index (χ1v) is 5.72. The quantitative estimate of drug-likeness (QED) is 0.768. The van der Waals surface area contributed by atoms with E-state index in [2.05, 4.69) is 5.32 Å². The Labute approximate surface area is 102 Å². The SMILES string of the molecule is CCOC(=O)c1cccc(NCC(C)(C)N)c1. The number of anilines is 1. The number of hydrogen-bond donors (Lipinski definition) is 2. The van der Waals surface area contributed by atoms with Gasteiger partial charge in [-0.15, -0.1) is 0 Å². The van der Waals surface area contributed by atoms with Crippen LogP contribution in [-0.2, 0) is 4.74 Å². The lowest BCUT2D eigenvalue weighted by atomic mass is 10.1. The fraction of sp³-hybridized carbons (Fsp3) is 0.462. The van der Waals surface area contributed by atoms with Crippen molar-refractivity contribution < 1.29 is 9.53 Å². The van der Waals surface area contributed by atoms with E-state index in [9.17, 15) is 4.79 Å². The number of nitrogens with one attached hydrogen (secondary N) is 1. The highest BCUT2D eigenvalue weighted by molar-refractivity contribution is 5.90. The molecule has 0 aromatic heterocycles. The van der Waals surface area contributed by atoms with Crippen LogP contribution < -0.4 is 11.1 Å². The van der Waals surface area contributed by atoms with Gasteiger partial charge in [0, 0.05) is 17.8 Å². The topological polar surface area (TPSA) is 64.3 Å². The lowest BCUT2D eigenvalue weighted by Gasteiger charge is -2.19. The molecule has 4 nitrogen and oxygen atoms in total. The zero-order valence-corrected chi connectivity index (χ0v) is 10.6. The van der Waals surface area contributed by atoms with Gasteiger partial charge in [0.05, 0.1) is 12.2 Å². The predicted molar refractivity (Wildman–Crippen MR) is 69.2 cm³/mol. The van der Waals surface area contributed by atoms with Crippen molar-refractivity contribution in [3.05, 3.63) is 29.8 Å². The van der Waals surface area contributed by atoms with Gasteiger partial charge in [-0.25, -0.2) is 4.79 Å². The van der Waals surface area contributed by atoms with Gasteiger partial charge in [-0.1, -0.05) is 6.07 Å². The molecule has 3 N–H and O–H groups in total. The summed E-state index contributed by atoms with van der Waals surface area (Å²) < 4.78 is 4.94. The minimum atomic E-state index is -0.303. The number of carbonyl (C=O) groups excluding carboxylic acids is 1. The fourth-order valence-corrected chi connectivity index (χ4v) is 1.30. The standard InChI is InChI=1S/C13H20N2O2/c1-4-17-12(16)10-6-5-7-11(8-10)15-9-13(2,3)14/h5-8,15H,4,9,14H2,1-3H3. The molecule has 1 aromatic rings. The molecular weight excluding hydrogens is 216 g/mol. The molecule has 0 heterocycles. The number of ether oxygens (including phenoxy) is 1. The number of benzene rings is 1. The molecule has 0 aliphatic rings. The highest BCUT2D eigenvalue weighted by Gasteiger charge is 2.11. The molecular formula is C13H20N2O2. The lowest BCUT2D eigenvalue weighted by molar-refractivity contribution is 0.0526. The first-order chi connectivity index (χ1) is 7.92. The maximum absolute atomic E-state index is 11.5. The maximum Gasteiger partial charge on any atom is 0.338 e. The second-order valence-corrected chi connectivity index (χ2v) is 4.64. The summed E-state index contributed by atoms with van der Waals surface area (Å²) in [7, 11) is 0. The minimum absolute atomic E-state index is 0.292. The Morgan fingerprint density at radius 1 is 1.47 bits per heavy atom. The van der Waals surface area contributed by atoms with Crippen molar-refractivity contribution in [2.45, 2.75) is 26.3 Å². The van der Waals surface area contributed by atoms with Gasteiger partial charge in [0.2, 0.25) is 0 Å². The van der Waals surface area contributed by atoms with E-state index in [0.717, 1.165) is 5.69 Å². The second-order valence-electron chi connectivity index (χ2n) is 4.64. The first-order valence-electron chi connectivity index (χ1n) is 5.72. The largest absolute Gasteiger partial charge is 0.462 e. The molecule has 0 bridgehead atoms. The Kier molecular flexibility index (Phi) is 4.52. The van der Waals surface area contributed by atoms with E-state index >= 15 is 0 Å². The molecule has 1 rings (SSSR count). The number of carbonyl (C=O) groups is 1. The van der Waals surface area contributed by atoms with E-state index in [0.29, 0.717) is 18.7 Å². The summed E-state index contributed by atoms with van der Waals surface area (Å²) in [4.78, 5) is 11.5. The van der Waals surface area contributed by atoms with E-state index in [1.54, 1.807) is 19.1 Å². The van der Waals surface area contributed by atoms with Gasteiger partial charge >= 0.3 is 5.97 Å². The smallest absolute Gasteiger partial charge is 0.338 e. The molecule has 0 saturated heterocycles. The minimum Gasteiger partial charge on any atom is -0.462 e. The van der Waals surface area contributed by atoms with E-state index in [1.165, 1.54) is 0 Å². The van der Waals surface area contributed by atoms with Crippen LogP contribution in [0.5, 0.6) is 0 Å². The Morgan fingerprint density at radius 2 is 2.18 bits per heavy atom. The summed E-state index contributed by atoms with van der Waals surface area (Å²) in [6, 6.07) is 7.22. The molecule has 17 heavy (non-hydrogen) atoms. The zero-order chi connectivity index (χ0) is 12.9. The lowest BCUT2D eigenvalue weighted by Crippen LogP contribution is -2.39. The van der Waals surface area contributed by atoms with Crippen LogP contribution >= 0.6 is 0 Å². The number of nitrogens with two attached hydrogens (primary N) is 1. The van der Waals surface area contributed by atoms with Crippen molar-refractivity contribution in [2.24, 2.45) is 5.73 Å². The number of hydrogen-bond acceptors (Lipinski definition) is 4. The molecule has 4 heteroatoms. The summed E-state index contributed by atoms with van der Waals surface area (Å²) in [5.41, 5.74) is 7.00. The van der Waals surface area contributed by atoms with Gasteiger partial charge in [0.15, 0.2) is 0 Å². The van der Waals surface area contributed by atoms with Crippen LogP contribution in [0, 0.1) is 0 Å². The summed E-state index contributed by atoms with van der Waals surface area (Å²) >= 11 is 0. The molecule has 0 radical (unpaired) electrons. The van der Waals surface area contributed by atoms with Gasteiger partial charge in [-0.05, 0) is 39.0 Å². The van der Waals surface area contributed by atoms with Crippen LogP contribution in [0.1, 0.15) is 31.1 Å². The van der Waals surface area contributed by atoms with Gasteiger partial charge in [0.1, 0.15) is 0 Å². The number of rotatable bonds is 5. The van der Waals surface area contributed by atoms with E-state index in [1.807, 2.05) is 26.0 Å². The number of esters is 1. The molecule has 0 aliphatic heterocycles. The average Bonchev–Trinajstić information content (AvgIpc) is 2.26. The molecule has 0 unspecified atom stereocenters. The highest BCUT2D eigenvalue weighted by atomic mass is 16.5. The Balaban J connectivity index is 2.69. The Bertz CT molecular complexity index is 383. The highest BCUT2D eigenvalue weighted by Crippen LogP contribution is 2.12. The third kappa shape index (κ3) is 4.87. The molecule has 0 amide bonds. The summed E-state index contributed by atoms with van der Waals surface area (Å²) in [5.74, 6) is -0.303. The Morgan fingerprint density at radius 3 is 2.76 bits per heavy atom. The van der Waals surface area contributed by atoms with Gasteiger partial charge in [0.25, 0.3) is 0 Å².